The molecule has 0 aliphatic heterocycles. The maximum Gasteiger partial charge on any atom is 0.434 e. The first-order valence-electron chi connectivity index (χ1n) is 12.3. The number of halogens is 3. The zero-order chi connectivity index (χ0) is 27.3. The third-order valence-corrected chi connectivity index (χ3v) is 6.56. The molecule has 0 amide bonds. The van der Waals surface area contributed by atoms with E-state index >= 15 is 0 Å². The van der Waals surface area contributed by atoms with Crippen LogP contribution in [0.5, 0.6) is 11.8 Å². The van der Waals surface area contributed by atoms with Crippen LogP contribution < -0.4 is 9.47 Å². The molecule has 9 nitrogen and oxygen atoms in total. The van der Waals surface area contributed by atoms with Gasteiger partial charge in [-0.1, -0.05) is 24.3 Å². The summed E-state index contributed by atoms with van der Waals surface area (Å²) in [6.45, 7) is 2.10. The number of fused-ring (bicyclic) bond motifs is 1. The molecule has 1 aromatic carbocycles. The minimum atomic E-state index is -4.50. The number of aromatic amines is 1. The van der Waals surface area contributed by atoms with Crippen molar-refractivity contribution in [3.63, 3.8) is 0 Å². The molecule has 5 aromatic rings. The fourth-order valence-corrected chi connectivity index (χ4v) is 4.52. The van der Waals surface area contributed by atoms with E-state index in [0.717, 1.165) is 36.0 Å². The molecule has 1 N–H and O–H groups in total. The van der Waals surface area contributed by atoms with Gasteiger partial charge in [-0.3, -0.25) is 0 Å². The van der Waals surface area contributed by atoms with Gasteiger partial charge in [-0.25, -0.2) is 19.9 Å². The molecule has 39 heavy (non-hydrogen) atoms. The maximum absolute atomic E-state index is 13.1. The summed E-state index contributed by atoms with van der Waals surface area (Å²) in [6, 6.07) is 8.92. The summed E-state index contributed by atoms with van der Waals surface area (Å²) in [5.41, 5.74) is 4.20. The van der Waals surface area contributed by atoms with E-state index < -0.39 is 11.9 Å². The number of ether oxygens (including phenoxy) is 2. The van der Waals surface area contributed by atoms with Gasteiger partial charge < -0.3 is 19.0 Å². The average Bonchev–Trinajstić information content (AvgIpc) is 3.58. The van der Waals surface area contributed by atoms with Gasteiger partial charge in [0, 0.05) is 30.4 Å². The molecule has 0 spiro atoms. The van der Waals surface area contributed by atoms with E-state index in [2.05, 4.69) is 19.9 Å². The Kier molecular flexibility index (Phi) is 5.96. The van der Waals surface area contributed by atoms with E-state index in [0.29, 0.717) is 45.7 Å². The summed E-state index contributed by atoms with van der Waals surface area (Å²) in [4.78, 5) is 25.3. The predicted octanol–water partition coefficient (Wildman–Crippen LogP) is 5.61. The average molecular weight is 536 g/mol. The molecule has 1 aliphatic carbocycles. The van der Waals surface area contributed by atoms with Crippen molar-refractivity contribution in [2.75, 3.05) is 7.11 Å². The highest BCUT2D eigenvalue weighted by molar-refractivity contribution is 5.83. The van der Waals surface area contributed by atoms with Gasteiger partial charge in [0.25, 0.3) is 0 Å². The molecule has 1 fully saturated rings. The second-order valence-corrected chi connectivity index (χ2v) is 9.53. The van der Waals surface area contributed by atoms with Crippen molar-refractivity contribution >= 4 is 11.0 Å². The van der Waals surface area contributed by atoms with Crippen molar-refractivity contribution in [3.05, 3.63) is 65.5 Å². The second-order valence-electron chi connectivity index (χ2n) is 9.53. The first kappa shape index (κ1) is 24.8. The molecule has 6 rings (SSSR count). The number of methoxy groups -OCH3 is 1. The normalized spacial score (nSPS) is 13.7. The Morgan fingerprint density at radius 2 is 1.82 bits per heavy atom. The molecular formula is C27H24F3N7O2. The largest absolute Gasteiger partial charge is 0.480 e. The van der Waals surface area contributed by atoms with E-state index in [9.17, 15) is 13.2 Å². The van der Waals surface area contributed by atoms with Crippen LogP contribution in [0, 0.1) is 6.92 Å². The molecule has 0 bridgehead atoms. The Bertz CT molecular complexity index is 1670. The van der Waals surface area contributed by atoms with Gasteiger partial charge in [0.05, 0.1) is 18.3 Å². The maximum atomic E-state index is 13.1. The number of alkyl halides is 3. The van der Waals surface area contributed by atoms with Crippen LogP contribution in [0.15, 0.2) is 42.9 Å². The van der Waals surface area contributed by atoms with Crippen molar-refractivity contribution < 1.29 is 22.6 Å². The lowest BCUT2D eigenvalue weighted by molar-refractivity contribution is -0.140. The van der Waals surface area contributed by atoms with Crippen molar-refractivity contribution in [1.82, 2.24) is 34.5 Å². The number of nitrogens with one attached hydrogen (secondary N) is 1. The predicted molar refractivity (Wildman–Crippen MR) is 136 cm³/mol. The van der Waals surface area contributed by atoms with Crippen LogP contribution in [0.3, 0.4) is 0 Å². The van der Waals surface area contributed by atoms with Crippen LogP contribution in [-0.4, -0.2) is 41.6 Å². The Labute approximate surface area is 221 Å². The number of rotatable bonds is 7. The van der Waals surface area contributed by atoms with Gasteiger partial charge in [-0.2, -0.15) is 18.2 Å². The number of nitrogens with zero attached hydrogens (tertiary/aromatic N) is 6. The van der Waals surface area contributed by atoms with Crippen LogP contribution in [0.2, 0.25) is 0 Å². The molecule has 200 valence electrons. The molecule has 4 heterocycles. The Morgan fingerprint density at radius 1 is 1.05 bits per heavy atom. The minimum Gasteiger partial charge on any atom is -0.480 e. The monoisotopic (exact) mass is 535 g/mol. The van der Waals surface area contributed by atoms with E-state index in [4.69, 9.17) is 19.4 Å². The number of H-pyrrole nitrogens is 1. The van der Waals surface area contributed by atoms with E-state index in [1.54, 1.807) is 31.4 Å². The number of hydrogen-bond acceptors (Lipinski definition) is 7. The number of benzene rings is 1. The first-order chi connectivity index (χ1) is 18.7. The van der Waals surface area contributed by atoms with Crippen molar-refractivity contribution in [3.8, 4) is 34.5 Å². The minimum absolute atomic E-state index is 0.177. The highest BCUT2D eigenvalue weighted by Crippen LogP contribution is 2.45. The zero-order valence-electron chi connectivity index (χ0n) is 21.4. The number of hydrogen-bond donors (Lipinski definition) is 1. The van der Waals surface area contributed by atoms with Gasteiger partial charge in [0.15, 0.2) is 11.5 Å². The number of imidazole rings is 1. The summed E-state index contributed by atoms with van der Waals surface area (Å²) >= 11 is 0. The molecule has 0 saturated heterocycles. The van der Waals surface area contributed by atoms with Gasteiger partial charge >= 0.3 is 6.18 Å². The molecule has 0 atom stereocenters. The quantitative estimate of drug-likeness (QED) is 0.289. The van der Waals surface area contributed by atoms with Crippen LogP contribution in [0.25, 0.3) is 33.8 Å². The van der Waals surface area contributed by atoms with E-state index in [1.165, 1.54) is 17.9 Å². The highest BCUT2D eigenvalue weighted by Gasteiger charge is 2.35. The van der Waals surface area contributed by atoms with Gasteiger partial charge in [0.2, 0.25) is 11.8 Å². The molecule has 1 aliphatic rings. The van der Waals surface area contributed by atoms with Crippen LogP contribution >= 0.6 is 0 Å². The summed E-state index contributed by atoms with van der Waals surface area (Å²) in [6.07, 6.45) is 0.0353. The highest BCUT2D eigenvalue weighted by atomic mass is 19.4. The molecule has 12 heteroatoms. The summed E-state index contributed by atoms with van der Waals surface area (Å²) in [7, 11) is 3.09. The Morgan fingerprint density at radius 3 is 2.49 bits per heavy atom. The number of aromatic nitrogens is 7. The molecule has 1 saturated carbocycles. The van der Waals surface area contributed by atoms with Crippen molar-refractivity contribution in [2.45, 2.75) is 38.5 Å². The van der Waals surface area contributed by atoms with Crippen molar-refractivity contribution in [2.24, 2.45) is 7.05 Å². The van der Waals surface area contributed by atoms with Crippen LogP contribution in [-0.2, 0) is 19.8 Å². The lowest BCUT2D eigenvalue weighted by Gasteiger charge is -2.13. The second kappa shape index (κ2) is 9.37. The standard InChI is InChI=1S/C27H24F3N7O2/c1-14-10-18-22(33-14)26(36-23(34-18)20-21(16-8-9-16)31-13-32-25(20)38-3)39-12-15-4-6-17(7-5-15)24-35-19(11-37(24)2)27(28,29)30/h4-7,10-11,13,16,33H,8-9,12H2,1-3H3. The third kappa shape index (κ3) is 4.77. The van der Waals surface area contributed by atoms with Gasteiger partial charge in [-0.15, -0.1) is 0 Å². The Balaban J connectivity index is 1.30. The molecule has 0 unspecified atom stereocenters. The molecular weight excluding hydrogens is 511 g/mol. The zero-order valence-corrected chi connectivity index (χ0v) is 21.4. The van der Waals surface area contributed by atoms with Crippen LogP contribution in [0.1, 0.15) is 41.4 Å². The van der Waals surface area contributed by atoms with Gasteiger partial charge in [0.1, 0.15) is 29.8 Å². The molecule has 0 radical (unpaired) electrons. The van der Waals surface area contributed by atoms with Crippen molar-refractivity contribution in [1.29, 1.82) is 0 Å². The number of aryl methyl sites for hydroxylation is 2. The van der Waals surface area contributed by atoms with E-state index in [1.807, 2.05) is 13.0 Å². The lowest BCUT2D eigenvalue weighted by Crippen LogP contribution is -2.05. The topological polar surface area (TPSA) is 104 Å². The van der Waals surface area contributed by atoms with Gasteiger partial charge in [-0.05, 0) is 31.4 Å². The lowest BCUT2D eigenvalue weighted by atomic mass is 10.1. The van der Waals surface area contributed by atoms with E-state index in [-0.39, 0.29) is 12.4 Å². The first-order valence-corrected chi connectivity index (χ1v) is 12.3. The van der Waals surface area contributed by atoms with Crippen LogP contribution in [0.4, 0.5) is 13.2 Å². The summed E-state index contributed by atoms with van der Waals surface area (Å²) in [5, 5.41) is 0. The SMILES string of the molecule is COc1ncnc(C2CC2)c1-c1nc(OCc2ccc(-c3nc(C(F)(F)F)cn3C)cc2)c2[nH]c(C)cc2n1. The molecule has 4 aromatic heterocycles. The fraction of sp³-hybridized carbons (Fsp3) is 0.296. The fourth-order valence-electron chi connectivity index (χ4n) is 4.52. The third-order valence-electron chi connectivity index (χ3n) is 6.56. The summed E-state index contributed by atoms with van der Waals surface area (Å²) < 4.78 is 52.2. The smallest absolute Gasteiger partial charge is 0.434 e. The Hall–Kier alpha value is -4.48. The summed E-state index contributed by atoms with van der Waals surface area (Å²) in [5.74, 6) is 1.73.